The Kier molecular flexibility index (Phi) is 4.91. The summed E-state index contributed by atoms with van der Waals surface area (Å²) in [5.74, 6) is -15.7. The molecule has 0 fully saturated rings. The summed E-state index contributed by atoms with van der Waals surface area (Å²) in [5, 5.41) is 0. The fourth-order valence-electron chi connectivity index (χ4n) is 5.18. The first-order valence-electron chi connectivity index (χ1n) is 11.0. The van der Waals surface area contributed by atoms with Gasteiger partial charge in [0.25, 0.3) is 0 Å². The van der Waals surface area contributed by atoms with Gasteiger partial charge in [-0.05, 0) is 39.8 Å². The molecule has 0 aromatic carbocycles. The lowest BCUT2D eigenvalue weighted by molar-refractivity contribution is -0.254. The van der Waals surface area contributed by atoms with Gasteiger partial charge in [-0.25, -0.2) is 0 Å². The summed E-state index contributed by atoms with van der Waals surface area (Å²) in [6.45, 7) is 6.95. The molecule has 0 saturated heterocycles. The predicted molar refractivity (Wildman–Crippen MR) is 151 cm³/mol. The van der Waals surface area contributed by atoms with E-state index in [-0.39, 0.29) is 11.1 Å². The van der Waals surface area contributed by atoms with E-state index in [2.05, 4.69) is 0 Å². The smallest absolute Gasteiger partial charge is 0.194 e. The van der Waals surface area contributed by atoms with Crippen molar-refractivity contribution in [3.05, 3.63) is 42.8 Å². The highest BCUT2D eigenvalue weighted by Crippen LogP contribution is 2.68. The zero-order chi connectivity index (χ0) is 26.4. The molecular formula is C25H14F6S6. The molecule has 6 heterocycles. The van der Waals surface area contributed by atoms with E-state index in [1.807, 2.05) is 26.0 Å². The molecule has 12 heteroatoms. The van der Waals surface area contributed by atoms with E-state index < -0.39 is 28.9 Å². The number of allylic oxidation sites excluding steroid dienone is 2. The number of halogens is 6. The van der Waals surface area contributed by atoms with Crippen LogP contribution in [-0.2, 0) is 0 Å². The van der Waals surface area contributed by atoms with Crippen molar-refractivity contribution < 1.29 is 26.3 Å². The number of alkyl halides is 6. The Morgan fingerprint density at radius 1 is 0.486 bits per heavy atom. The summed E-state index contributed by atoms with van der Waals surface area (Å²) in [4.78, 5) is 2.73. The first kappa shape index (κ1) is 24.6. The maximum absolute atomic E-state index is 15.7. The van der Waals surface area contributed by atoms with Crippen molar-refractivity contribution in [3.63, 3.8) is 0 Å². The fraction of sp³-hybridized carbons (Fsp3) is 0.280. The summed E-state index contributed by atoms with van der Waals surface area (Å²) >= 11 is 7.78. The lowest BCUT2D eigenvalue weighted by Crippen LogP contribution is -2.48. The molecule has 0 nitrogen and oxygen atoms in total. The van der Waals surface area contributed by atoms with E-state index in [9.17, 15) is 0 Å². The van der Waals surface area contributed by atoms with Crippen molar-refractivity contribution in [1.82, 2.24) is 0 Å². The number of thiophene rings is 6. The van der Waals surface area contributed by atoms with Gasteiger partial charge in [0.05, 0.1) is 28.2 Å². The van der Waals surface area contributed by atoms with Crippen LogP contribution in [0.5, 0.6) is 0 Å². The summed E-state index contributed by atoms with van der Waals surface area (Å²) < 4.78 is 98.6. The molecule has 192 valence electrons. The van der Waals surface area contributed by atoms with Gasteiger partial charge in [0.15, 0.2) is 0 Å². The highest BCUT2D eigenvalue weighted by molar-refractivity contribution is 7.39. The zero-order valence-electron chi connectivity index (χ0n) is 19.4. The molecule has 0 saturated carbocycles. The van der Waals surface area contributed by atoms with Gasteiger partial charge in [-0.3, -0.25) is 0 Å². The molecule has 0 aliphatic heterocycles. The van der Waals surface area contributed by atoms with E-state index in [0.29, 0.717) is 28.6 Å². The van der Waals surface area contributed by atoms with Crippen molar-refractivity contribution in [2.75, 3.05) is 0 Å². The molecule has 6 aromatic rings. The van der Waals surface area contributed by atoms with Gasteiger partial charge in [-0.2, -0.15) is 26.3 Å². The Hall–Kier alpha value is -1.44. The minimum Gasteiger partial charge on any atom is -0.194 e. The van der Waals surface area contributed by atoms with Gasteiger partial charge in [0, 0.05) is 51.2 Å². The Morgan fingerprint density at radius 3 is 1.24 bits per heavy atom. The number of rotatable bonds is 2. The summed E-state index contributed by atoms with van der Waals surface area (Å²) in [7, 11) is 0. The lowest BCUT2D eigenvalue weighted by Gasteiger charge is -2.25. The predicted octanol–water partition coefficient (Wildman–Crippen LogP) is 11.7. The zero-order valence-corrected chi connectivity index (χ0v) is 24.3. The molecule has 1 aliphatic carbocycles. The highest BCUT2D eigenvalue weighted by atomic mass is 32.1. The second-order valence-corrected chi connectivity index (χ2v) is 16.2. The maximum Gasteiger partial charge on any atom is 0.380 e. The maximum atomic E-state index is 15.7. The molecule has 37 heavy (non-hydrogen) atoms. The Bertz CT molecular complexity index is 1820. The number of aryl methyl sites for hydroxylation is 4. The molecule has 0 amide bonds. The van der Waals surface area contributed by atoms with E-state index in [0.717, 1.165) is 28.6 Å². The van der Waals surface area contributed by atoms with Crippen LogP contribution in [0, 0.1) is 27.7 Å². The van der Waals surface area contributed by atoms with E-state index in [1.54, 1.807) is 13.8 Å². The van der Waals surface area contributed by atoms with Crippen LogP contribution in [0.1, 0.15) is 30.6 Å². The van der Waals surface area contributed by atoms with E-state index in [4.69, 9.17) is 0 Å². The minimum atomic E-state index is -5.57. The molecule has 0 unspecified atom stereocenters. The van der Waals surface area contributed by atoms with Gasteiger partial charge in [0.2, 0.25) is 0 Å². The molecule has 6 aromatic heterocycles. The van der Waals surface area contributed by atoms with Crippen LogP contribution in [-0.4, -0.2) is 17.8 Å². The van der Waals surface area contributed by atoms with Crippen LogP contribution in [0.15, 0.2) is 12.1 Å². The van der Waals surface area contributed by atoms with Crippen LogP contribution in [0.2, 0.25) is 0 Å². The summed E-state index contributed by atoms with van der Waals surface area (Å²) in [5.41, 5.74) is -2.80. The quantitative estimate of drug-likeness (QED) is 0.169. The van der Waals surface area contributed by atoms with Crippen LogP contribution < -0.4 is 0 Å². The van der Waals surface area contributed by atoms with Crippen LogP contribution in [0.3, 0.4) is 0 Å². The van der Waals surface area contributed by atoms with Crippen molar-refractivity contribution in [2.45, 2.75) is 45.5 Å². The topological polar surface area (TPSA) is 0 Å². The average Bonchev–Trinajstić information content (AvgIpc) is 3.59. The first-order chi connectivity index (χ1) is 17.3. The lowest BCUT2D eigenvalue weighted by atomic mass is 9.95. The molecule has 7 rings (SSSR count). The number of hydrogen-bond donors (Lipinski definition) is 0. The van der Waals surface area contributed by atoms with Gasteiger partial charge in [-0.15, -0.1) is 68.0 Å². The van der Waals surface area contributed by atoms with Crippen molar-refractivity contribution >= 4 is 117 Å². The van der Waals surface area contributed by atoms with Gasteiger partial charge >= 0.3 is 17.8 Å². The Morgan fingerprint density at radius 2 is 0.865 bits per heavy atom. The molecular weight excluding hydrogens is 607 g/mol. The fourth-order valence-corrected chi connectivity index (χ4v) is 13.3. The van der Waals surface area contributed by atoms with Crippen LogP contribution in [0.25, 0.3) is 48.7 Å². The van der Waals surface area contributed by atoms with E-state index in [1.165, 1.54) is 68.0 Å². The third-order valence-corrected chi connectivity index (χ3v) is 14.2. The largest absolute Gasteiger partial charge is 0.380 e. The second kappa shape index (κ2) is 7.39. The molecule has 0 spiro atoms. The first-order valence-corrected chi connectivity index (χ1v) is 15.9. The molecule has 0 bridgehead atoms. The highest BCUT2D eigenvalue weighted by Gasteiger charge is 2.80. The Labute approximate surface area is 230 Å². The summed E-state index contributed by atoms with van der Waals surface area (Å²) in [6, 6.07) is 3.82. The third-order valence-electron chi connectivity index (χ3n) is 6.73. The average molecular weight is 621 g/mol. The standard InChI is InChI=1S/C25H14F6S6/c1-7-5-11-17(32-7)21-19(36-11)13(9(3)34-21)15-16(24(28,29)25(30,31)23(15,26)27)14-10(4)35-22-18-12(37-20(14)22)6-8(2)33-18/h5-6H,1-4H3. The number of hydrogen-bond acceptors (Lipinski definition) is 6. The monoisotopic (exact) mass is 620 g/mol. The normalized spacial score (nSPS) is 19.1. The van der Waals surface area contributed by atoms with Crippen molar-refractivity contribution in [2.24, 2.45) is 0 Å². The third kappa shape index (κ3) is 2.89. The number of fused-ring (bicyclic) bond motifs is 6. The molecule has 1 aliphatic rings. The molecule has 0 atom stereocenters. The van der Waals surface area contributed by atoms with Gasteiger partial charge in [0.1, 0.15) is 0 Å². The van der Waals surface area contributed by atoms with E-state index >= 15 is 26.3 Å². The van der Waals surface area contributed by atoms with Crippen LogP contribution in [0.4, 0.5) is 26.3 Å². The molecule has 0 radical (unpaired) electrons. The van der Waals surface area contributed by atoms with Gasteiger partial charge in [-0.1, -0.05) is 0 Å². The Balaban J connectivity index is 1.65. The van der Waals surface area contributed by atoms with Crippen molar-refractivity contribution in [3.8, 4) is 0 Å². The SMILES string of the molecule is Cc1cc2sc3c(C4=C(c5c(C)sc6c5sc5cc(C)sc56)C(F)(F)C(F)(F)C4(F)F)c(C)sc3c2s1. The van der Waals surface area contributed by atoms with Gasteiger partial charge < -0.3 is 0 Å². The second-order valence-electron chi connectivity index (χ2n) is 9.16. The minimum absolute atomic E-state index is 0.170. The molecule has 0 N–H and O–H groups in total. The van der Waals surface area contributed by atoms with Crippen molar-refractivity contribution in [1.29, 1.82) is 0 Å². The summed E-state index contributed by atoms with van der Waals surface area (Å²) in [6.07, 6.45) is 0. The van der Waals surface area contributed by atoms with Crippen LogP contribution >= 0.6 is 68.0 Å².